The number of hydrogen-bond donors (Lipinski definition) is 2. The molecule has 2 aromatic rings. The van der Waals surface area contributed by atoms with Crippen molar-refractivity contribution in [3.63, 3.8) is 0 Å². The zero-order valence-corrected chi connectivity index (χ0v) is 14.0. The van der Waals surface area contributed by atoms with E-state index in [1.807, 2.05) is 6.07 Å². The van der Waals surface area contributed by atoms with E-state index in [4.69, 9.17) is 4.74 Å². The Morgan fingerprint density at radius 2 is 2.16 bits per heavy atom. The van der Waals surface area contributed by atoms with Gasteiger partial charge in [-0.15, -0.1) is 0 Å². The Morgan fingerprint density at radius 3 is 2.88 bits per heavy atom. The first-order valence-corrected chi connectivity index (χ1v) is 8.55. The quantitative estimate of drug-likeness (QED) is 0.811. The number of aromatic nitrogens is 1. The molecule has 0 spiro atoms. The number of amides is 1. The Kier molecular flexibility index (Phi) is 5.95. The van der Waals surface area contributed by atoms with E-state index in [1.165, 1.54) is 12.3 Å². The van der Waals surface area contributed by atoms with E-state index in [1.54, 1.807) is 24.3 Å². The fourth-order valence-corrected chi connectivity index (χ4v) is 2.77. The van der Waals surface area contributed by atoms with Crippen LogP contribution in [0.2, 0.25) is 0 Å². The number of ether oxygens (including phenoxy) is 1. The zero-order chi connectivity index (χ0) is 17.5. The van der Waals surface area contributed by atoms with Crippen molar-refractivity contribution >= 4 is 11.7 Å². The van der Waals surface area contributed by atoms with E-state index in [-0.39, 0.29) is 17.8 Å². The summed E-state index contributed by atoms with van der Waals surface area (Å²) in [6, 6.07) is 10.2. The molecular formula is C19H22FN3O2. The molecule has 1 atom stereocenters. The molecule has 2 heterocycles. The van der Waals surface area contributed by atoms with Crippen molar-refractivity contribution in [3.05, 3.63) is 59.5 Å². The number of carbonyl (C=O) groups excluding carboxylic acids is 1. The molecule has 0 saturated carbocycles. The lowest BCUT2D eigenvalue weighted by molar-refractivity contribution is 0.0857. The molecule has 1 amide bonds. The van der Waals surface area contributed by atoms with Crippen molar-refractivity contribution in [2.45, 2.75) is 25.4 Å². The minimum absolute atomic E-state index is 0.122. The fraction of sp³-hybridized carbons (Fsp3) is 0.368. The third kappa shape index (κ3) is 5.00. The average molecular weight is 343 g/mol. The van der Waals surface area contributed by atoms with Crippen LogP contribution < -0.4 is 10.6 Å². The van der Waals surface area contributed by atoms with Crippen LogP contribution >= 0.6 is 0 Å². The summed E-state index contributed by atoms with van der Waals surface area (Å²) in [5.41, 5.74) is 1.18. The van der Waals surface area contributed by atoms with Crippen molar-refractivity contribution in [3.8, 4) is 0 Å². The molecule has 1 fully saturated rings. The molecule has 0 aliphatic carbocycles. The van der Waals surface area contributed by atoms with Crippen LogP contribution in [0.3, 0.4) is 0 Å². The van der Waals surface area contributed by atoms with Gasteiger partial charge in [-0.05, 0) is 43.0 Å². The number of benzene rings is 1. The number of pyridine rings is 1. The van der Waals surface area contributed by atoms with Gasteiger partial charge in [0.25, 0.3) is 5.91 Å². The first-order chi connectivity index (χ1) is 12.2. The first kappa shape index (κ1) is 17.4. The number of hydrogen-bond acceptors (Lipinski definition) is 4. The molecule has 1 saturated heterocycles. The zero-order valence-electron chi connectivity index (χ0n) is 14.0. The second-order valence-corrected chi connectivity index (χ2v) is 6.05. The van der Waals surface area contributed by atoms with E-state index < -0.39 is 0 Å². The Bertz CT molecular complexity index is 700. The number of carbonyl (C=O) groups is 1. The summed E-state index contributed by atoms with van der Waals surface area (Å²) in [7, 11) is 0. The molecule has 6 heteroatoms. The maximum Gasteiger partial charge on any atom is 0.252 e. The van der Waals surface area contributed by atoms with Gasteiger partial charge < -0.3 is 15.4 Å². The van der Waals surface area contributed by atoms with Crippen LogP contribution in [-0.4, -0.2) is 36.7 Å². The predicted octanol–water partition coefficient (Wildman–Crippen LogP) is 2.78. The van der Waals surface area contributed by atoms with Gasteiger partial charge in [0.05, 0.1) is 11.7 Å². The Morgan fingerprint density at radius 1 is 1.28 bits per heavy atom. The second-order valence-electron chi connectivity index (χ2n) is 6.05. The van der Waals surface area contributed by atoms with Gasteiger partial charge in [0, 0.05) is 25.9 Å². The molecule has 1 aromatic heterocycles. The molecule has 132 valence electrons. The molecule has 5 nitrogen and oxygen atoms in total. The van der Waals surface area contributed by atoms with E-state index >= 15 is 0 Å². The Hall–Kier alpha value is -2.47. The van der Waals surface area contributed by atoms with E-state index in [0.717, 1.165) is 19.4 Å². The van der Waals surface area contributed by atoms with E-state index in [2.05, 4.69) is 15.6 Å². The lowest BCUT2D eigenvalue weighted by Gasteiger charge is -2.11. The highest BCUT2D eigenvalue weighted by Gasteiger charge is 2.16. The Labute approximate surface area is 146 Å². The van der Waals surface area contributed by atoms with Gasteiger partial charge in [0.1, 0.15) is 11.6 Å². The molecule has 1 aliphatic heterocycles. The van der Waals surface area contributed by atoms with Gasteiger partial charge in [-0.1, -0.05) is 18.2 Å². The van der Waals surface area contributed by atoms with Crippen LogP contribution in [-0.2, 0) is 11.2 Å². The summed E-state index contributed by atoms with van der Waals surface area (Å²) in [6.45, 7) is 1.87. The molecule has 2 N–H and O–H groups in total. The lowest BCUT2D eigenvalue weighted by atomic mass is 10.1. The summed E-state index contributed by atoms with van der Waals surface area (Å²) in [5, 5.41) is 6.00. The van der Waals surface area contributed by atoms with Crippen LogP contribution in [0.5, 0.6) is 0 Å². The van der Waals surface area contributed by atoms with E-state index in [0.29, 0.717) is 36.5 Å². The highest BCUT2D eigenvalue weighted by molar-refractivity contribution is 5.94. The van der Waals surface area contributed by atoms with Gasteiger partial charge in [0.2, 0.25) is 0 Å². The molecule has 0 radical (unpaired) electrons. The number of nitrogens with zero attached hydrogens (tertiary/aromatic N) is 1. The normalized spacial score (nSPS) is 16.6. The number of halogens is 1. The lowest BCUT2D eigenvalue weighted by Crippen LogP contribution is -2.31. The summed E-state index contributed by atoms with van der Waals surface area (Å²) in [5.74, 6) is 0.309. The molecule has 25 heavy (non-hydrogen) atoms. The standard InChI is InChI=1S/C19H22FN3O2/c20-17-6-2-1-4-14(17)9-10-21-18-8-7-15(12-22-18)19(24)23-13-16-5-3-11-25-16/h1-2,4,6-8,12,16H,3,5,9-11,13H2,(H,21,22)(H,23,24). The molecule has 0 bridgehead atoms. The number of nitrogens with one attached hydrogen (secondary N) is 2. The molecule has 1 aliphatic rings. The largest absolute Gasteiger partial charge is 0.376 e. The summed E-state index contributed by atoms with van der Waals surface area (Å²) in [4.78, 5) is 16.3. The minimum Gasteiger partial charge on any atom is -0.376 e. The molecule has 3 rings (SSSR count). The van der Waals surface area contributed by atoms with Crippen LogP contribution in [0, 0.1) is 5.82 Å². The number of rotatable bonds is 7. The van der Waals surface area contributed by atoms with Gasteiger partial charge in [-0.25, -0.2) is 9.37 Å². The average Bonchev–Trinajstić information content (AvgIpc) is 3.15. The predicted molar refractivity (Wildman–Crippen MR) is 94.1 cm³/mol. The summed E-state index contributed by atoms with van der Waals surface area (Å²) < 4.78 is 19.0. The highest BCUT2D eigenvalue weighted by atomic mass is 19.1. The van der Waals surface area contributed by atoms with Gasteiger partial charge in [-0.3, -0.25) is 4.79 Å². The SMILES string of the molecule is O=C(NCC1CCCO1)c1ccc(NCCc2ccccc2F)nc1. The van der Waals surface area contributed by atoms with Crippen LogP contribution in [0.15, 0.2) is 42.6 Å². The van der Waals surface area contributed by atoms with Gasteiger partial charge >= 0.3 is 0 Å². The van der Waals surface area contributed by atoms with Crippen LogP contribution in [0.1, 0.15) is 28.8 Å². The van der Waals surface area contributed by atoms with Crippen molar-refractivity contribution < 1.29 is 13.9 Å². The van der Waals surface area contributed by atoms with Crippen molar-refractivity contribution in [2.75, 3.05) is 25.0 Å². The third-order valence-corrected chi connectivity index (χ3v) is 4.20. The van der Waals surface area contributed by atoms with Crippen LogP contribution in [0.25, 0.3) is 0 Å². The van der Waals surface area contributed by atoms with Gasteiger partial charge in [0.15, 0.2) is 0 Å². The Balaban J connectivity index is 1.45. The van der Waals surface area contributed by atoms with Crippen molar-refractivity contribution in [1.82, 2.24) is 10.3 Å². The third-order valence-electron chi connectivity index (χ3n) is 4.20. The molecule has 1 unspecified atom stereocenters. The fourth-order valence-electron chi connectivity index (χ4n) is 2.77. The van der Waals surface area contributed by atoms with E-state index in [9.17, 15) is 9.18 Å². The van der Waals surface area contributed by atoms with Gasteiger partial charge in [-0.2, -0.15) is 0 Å². The minimum atomic E-state index is -0.199. The topological polar surface area (TPSA) is 63.2 Å². The maximum absolute atomic E-state index is 13.5. The molecule has 1 aromatic carbocycles. The first-order valence-electron chi connectivity index (χ1n) is 8.55. The number of anilines is 1. The van der Waals surface area contributed by atoms with Crippen molar-refractivity contribution in [1.29, 1.82) is 0 Å². The molecular weight excluding hydrogens is 321 g/mol. The second kappa shape index (κ2) is 8.58. The van der Waals surface area contributed by atoms with Crippen molar-refractivity contribution in [2.24, 2.45) is 0 Å². The smallest absolute Gasteiger partial charge is 0.252 e. The summed E-state index contributed by atoms with van der Waals surface area (Å²) >= 11 is 0. The monoisotopic (exact) mass is 343 g/mol. The maximum atomic E-state index is 13.5. The van der Waals surface area contributed by atoms with Crippen LogP contribution in [0.4, 0.5) is 10.2 Å². The summed E-state index contributed by atoms with van der Waals surface area (Å²) in [6.07, 6.45) is 4.27. The highest BCUT2D eigenvalue weighted by Crippen LogP contribution is 2.11.